The minimum Gasteiger partial charge on any atom is -0.497 e. The Balaban J connectivity index is 2.17. The van der Waals surface area contributed by atoms with E-state index in [1.165, 1.54) is 0 Å². The van der Waals surface area contributed by atoms with Crippen LogP contribution in [0, 0.1) is 0 Å². The third-order valence-corrected chi connectivity index (χ3v) is 3.14. The van der Waals surface area contributed by atoms with Gasteiger partial charge in [-0.15, -0.1) is 0 Å². The molecular weight excluding hydrogens is 254 g/mol. The van der Waals surface area contributed by atoms with Gasteiger partial charge in [0.05, 0.1) is 20.8 Å². The molecule has 0 aliphatic rings. The fourth-order valence-electron chi connectivity index (χ4n) is 2.04. The van der Waals surface area contributed by atoms with Crippen LogP contribution in [0.15, 0.2) is 42.5 Å². The van der Waals surface area contributed by atoms with E-state index >= 15 is 0 Å². The fraction of sp³-hybridized carbons (Fsp3) is 0.250. The lowest BCUT2D eigenvalue weighted by Gasteiger charge is -2.14. The van der Waals surface area contributed by atoms with Crippen molar-refractivity contribution in [3.05, 3.63) is 53.6 Å². The summed E-state index contributed by atoms with van der Waals surface area (Å²) in [6.07, 6.45) is 0. The van der Waals surface area contributed by atoms with Crippen LogP contribution >= 0.6 is 0 Å². The molecule has 2 aromatic carbocycles. The van der Waals surface area contributed by atoms with E-state index in [1.807, 2.05) is 42.5 Å². The first-order chi connectivity index (χ1) is 9.78. The molecule has 0 radical (unpaired) electrons. The normalized spacial score (nSPS) is 10.2. The number of hydrogen-bond donors (Lipinski definition) is 2. The zero-order valence-corrected chi connectivity index (χ0v) is 11.7. The van der Waals surface area contributed by atoms with Crippen molar-refractivity contribution < 1.29 is 14.6 Å². The van der Waals surface area contributed by atoms with Gasteiger partial charge in [-0.2, -0.15) is 0 Å². The van der Waals surface area contributed by atoms with Crippen molar-refractivity contribution in [1.82, 2.24) is 0 Å². The van der Waals surface area contributed by atoms with Gasteiger partial charge in [0.1, 0.15) is 11.5 Å². The third-order valence-electron chi connectivity index (χ3n) is 3.14. The molecule has 0 bridgehead atoms. The standard InChI is InChI=1S/C16H19NO3/c1-19-14-7-8-16(20-2)13(9-14)10-17-15-6-4-3-5-12(15)11-18/h3-9,17-18H,10-11H2,1-2H3. The number of hydrogen-bond acceptors (Lipinski definition) is 4. The summed E-state index contributed by atoms with van der Waals surface area (Å²) >= 11 is 0. The van der Waals surface area contributed by atoms with Gasteiger partial charge in [0.2, 0.25) is 0 Å². The van der Waals surface area contributed by atoms with Crippen molar-refractivity contribution in [2.45, 2.75) is 13.2 Å². The average molecular weight is 273 g/mol. The van der Waals surface area contributed by atoms with E-state index in [0.29, 0.717) is 6.54 Å². The molecule has 0 saturated carbocycles. The summed E-state index contributed by atoms with van der Waals surface area (Å²) in [5.74, 6) is 1.60. The van der Waals surface area contributed by atoms with Gasteiger partial charge < -0.3 is 19.9 Å². The Hall–Kier alpha value is -2.20. The van der Waals surface area contributed by atoms with E-state index in [9.17, 15) is 5.11 Å². The summed E-state index contributed by atoms with van der Waals surface area (Å²) in [5.41, 5.74) is 2.79. The third kappa shape index (κ3) is 3.22. The molecule has 0 atom stereocenters. The minimum atomic E-state index is 0.0123. The number of aliphatic hydroxyl groups excluding tert-OH is 1. The Morgan fingerprint density at radius 2 is 1.80 bits per heavy atom. The number of aliphatic hydroxyl groups is 1. The van der Waals surface area contributed by atoms with Crippen molar-refractivity contribution >= 4 is 5.69 Å². The first-order valence-corrected chi connectivity index (χ1v) is 6.42. The average Bonchev–Trinajstić information content (AvgIpc) is 2.52. The van der Waals surface area contributed by atoms with Crippen molar-refractivity contribution in [3.8, 4) is 11.5 Å². The molecular formula is C16H19NO3. The molecule has 2 aromatic rings. The van der Waals surface area contributed by atoms with Crippen molar-refractivity contribution in [2.75, 3.05) is 19.5 Å². The molecule has 0 aromatic heterocycles. The quantitative estimate of drug-likeness (QED) is 0.849. The highest BCUT2D eigenvalue weighted by Gasteiger charge is 2.06. The molecule has 0 amide bonds. The van der Waals surface area contributed by atoms with Gasteiger partial charge in [0.15, 0.2) is 0 Å². The maximum Gasteiger partial charge on any atom is 0.124 e. The van der Waals surface area contributed by atoms with Gasteiger partial charge >= 0.3 is 0 Å². The van der Waals surface area contributed by atoms with E-state index in [4.69, 9.17) is 9.47 Å². The van der Waals surface area contributed by atoms with E-state index in [-0.39, 0.29) is 6.61 Å². The van der Waals surface area contributed by atoms with E-state index < -0.39 is 0 Å². The lowest BCUT2D eigenvalue weighted by molar-refractivity contribution is 0.282. The van der Waals surface area contributed by atoms with Crippen LogP contribution in [-0.4, -0.2) is 19.3 Å². The molecule has 20 heavy (non-hydrogen) atoms. The number of methoxy groups -OCH3 is 2. The van der Waals surface area contributed by atoms with Crippen LogP contribution in [0.3, 0.4) is 0 Å². The van der Waals surface area contributed by atoms with Crippen molar-refractivity contribution in [2.24, 2.45) is 0 Å². The van der Waals surface area contributed by atoms with Crippen molar-refractivity contribution in [1.29, 1.82) is 0 Å². The number of rotatable bonds is 6. The summed E-state index contributed by atoms with van der Waals surface area (Å²) in [7, 11) is 3.28. The summed E-state index contributed by atoms with van der Waals surface area (Å²) in [4.78, 5) is 0. The molecule has 0 saturated heterocycles. The van der Waals surface area contributed by atoms with Crippen LogP contribution in [0.2, 0.25) is 0 Å². The predicted molar refractivity (Wildman–Crippen MR) is 79.2 cm³/mol. The summed E-state index contributed by atoms with van der Waals surface area (Å²) in [6.45, 7) is 0.607. The Bertz CT molecular complexity index is 569. The Labute approximate surface area is 119 Å². The molecule has 0 heterocycles. The molecule has 4 heteroatoms. The highest BCUT2D eigenvalue weighted by atomic mass is 16.5. The zero-order chi connectivity index (χ0) is 14.4. The summed E-state index contributed by atoms with van der Waals surface area (Å²) in [5, 5.41) is 12.6. The second kappa shape index (κ2) is 6.82. The number of para-hydroxylation sites is 1. The molecule has 0 spiro atoms. The predicted octanol–water partition coefficient (Wildman–Crippen LogP) is 2.81. The largest absolute Gasteiger partial charge is 0.497 e. The monoisotopic (exact) mass is 273 g/mol. The topological polar surface area (TPSA) is 50.7 Å². The summed E-state index contributed by atoms with van der Waals surface area (Å²) < 4.78 is 10.6. The van der Waals surface area contributed by atoms with E-state index in [1.54, 1.807) is 14.2 Å². The number of nitrogens with one attached hydrogen (secondary N) is 1. The number of ether oxygens (including phenoxy) is 2. The smallest absolute Gasteiger partial charge is 0.124 e. The lowest BCUT2D eigenvalue weighted by Crippen LogP contribution is -2.04. The first kappa shape index (κ1) is 14.2. The zero-order valence-electron chi connectivity index (χ0n) is 11.7. The van der Waals surface area contributed by atoms with Crippen LogP contribution < -0.4 is 14.8 Å². The highest BCUT2D eigenvalue weighted by molar-refractivity contribution is 5.52. The molecule has 0 aliphatic heterocycles. The molecule has 0 aliphatic carbocycles. The van der Waals surface area contributed by atoms with Crippen LogP contribution in [0.4, 0.5) is 5.69 Å². The molecule has 2 rings (SSSR count). The van der Waals surface area contributed by atoms with Gasteiger partial charge in [-0.1, -0.05) is 18.2 Å². The van der Waals surface area contributed by atoms with Crippen LogP contribution in [-0.2, 0) is 13.2 Å². The minimum absolute atomic E-state index is 0.0123. The van der Waals surface area contributed by atoms with Gasteiger partial charge in [0.25, 0.3) is 0 Å². The van der Waals surface area contributed by atoms with Crippen LogP contribution in [0.5, 0.6) is 11.5 Å². The maximum atomic E-state index is 9.31. The molecule has 2 N–H and O–H groups in total. The van der Waals surface area contributed by atoms with E-state index in [2.05, 4.69) is 5.32 Å². The SMILES string of the molecule is COc1ccc(OC)c(CNc2ccccc2CO)c1. The fourth-order valence-corrected chi connectivity index (χ4v) is 2.04. The number of anilines is 1. The second-order valence-electron chi connectivity index (χ2n) is 4.35. The molecule has 106 valence electrons. The highest BCUT2D eigenvalue weighted by Crippen LogP contribution is 2.25. The summed E-state index contributed by atoms with van der Waals surface area (Å²) in [6, 6.07) is 13.4. The molecule has 4 nitrogen and oxygen atoms in total. The van der Waals surface area contributed by atoms with E-state index in [0.717, 1.165) is 28.3 Å². The Kier molecular flexibility index (Phi) is 4.85. The van der Waals surface area contributed by atoms with Crippen LogP contribution in [0.25, 0.3) is 0 Å². The molecule has 0 fully saturated rings. The Morgan fingerprint density at radius 1 is 1.00 bits per heavy atom. The first-order valence-electron chi connectivity index (χ1n) is 6.42. The number of benzene rings is 2. The second-order valence-corrected chi connectivity index (χ2v) is 4.35. The van der Waals surface area contributed by atoms with Crippen LogP contribution in [0.1, 0.15) is 11.1 Å². The Morgan fingerprint density at radius 3 is 2.50 bits per heavy atom. The lowest BCUT2D eigenvalue weighted by atomic mass is 10.1. The van der Waals surface area contributed by atoms with Crippen molar-refractivity contribution in [3.63, 3.8) is 0 Å². The maximum absolute atomic E-state index is 9.31. The van der Waals surface area contributed by atoms with Gasteiger partial charge in [-0.3, -0.25) is 0 Å². The van der Waals surface area contributed by atoms with Gasteiger partial charge in [0, 0.05) is 23.4 Å². The molecule has 0 unspecified atom stereocenters. The van der Waals surface area contributed by atoms with Gasteiger partial charge in [-0.25, -0.2) is 0 Å². The van der Waals surface area contributed by atoms with Gasteiger partial charge in [-0.05, 0) is 24.3 Å².